The first-order valence-corrected chi connectivity index (χ1v) is 8.68. The van der Waals surface area contributed by atoms with Crippen molar-refractivity contribution in [2.75, 3.05) is 20.2 Å². The van der Waals surface area contributed by atoms with Crippen molar-refractivity contribution in [2.45, 2.75) is 12.6 Å². The normalized spacial score (nSPS) is 16.4. The fraction of sp³-hybridized carbons (Fsp3) is 0.250. The van der Waals surface area contributed by atoms with Gasteiger partial charge in [-0.15, -0.1) is 0 Å². The fourth-order valence-electron chi connectivity index (χ4n) is 3.10. The van der Waals surface area contributed by atoms with E-state index >= 15 is 0 Å². The van der Waals surface area contributed by atoms with Crippen LogP contribution in [0.1, 0.15) is 5.56 Å². The third-order valence-electron chi connectivity index (χ3n) is 4.27. The number of ether oxygens (including phenoxy) is 2. The van der Waals surface area contributed by atoms with Crippen molar-refractivity contribution in [3.05, 3.63) is 65.3 Å². The number of rotatable bonds is 4. The van der Waals surface area contributed by atoms with Crippen LogP contribution in [0, 0.1) is 0 Å². The molecule has 0 N–H and O–H groups in total. The molecule has 2 aromatic carbocycles. The number of benzene rings is 2. The molecule has 1 unspecified atom stereocenters. The van der Waals surface area contributed by atoms with Gasteiger partial charge in [0.15, 0.2) is 11.5 Å². The zero-order valence-electron chi connectivity index (χ0n) is 14.0. The summed E-state index contributed by atoms with van der Waals surface area (Å²) in [7, 11) is 2.05. The summed E-state index contributed by atoms with van der Waals surface area (Å²) >= 11 is 6.36. The molecular weight excluding hydrogens is 336 g/mol. The monoisotopic (exact) mass is 354 g/mol. The number of hydrogen-bond donors (Lipinski definition) is 0. The van der Waals surface area contributed by atoms with Crippen molar-refractivity contribution in [2.24, 2.45) is 0 Å². The molecule has 3 aromatic rings. The molecule has 0 amide bonds. The van der Waals surface area contributed by atoms with Gasteiger partial charge >= 0.3 is 0 Å². The molecule has 2 heterocycles. The molecule has 4 nitrogen and oxygen atoms in total. The number of halogens is 1. The number of pyridine rings is 1. The van der Waals surface area contributed by atoms with Crippen LogP contribution in [-0.4, -0.2) is 36.2 Å². The predicted molar refractivity (Wildman–Crippen MR) is 99.4 cm³/mol. The minimum Gasteiger partial charge on any atom is -0.486 e. The average Bonchev–Trinajstić information content (AvgIpc) is 2.62. The first-order chi connectivity index (χ1) is 12.2. The van der Waals surface area contributed by atoms with Crippen molar-refractivity contribution in [1.29, 1.82) is 0 Å². The summed E-state index contributed by atoms with van der Waals surface area (Å²) in [6.45, 7) is 2.00. The van der Waals surface area contributed by atoms with E-state index in [0.29, 0.717) is 18.3 Å². The molecule has 0 bridgehead atoms. The molecule has 5 heteroatoms. The highest BCUT2D eigenvalue weighted by molar-refractivity contribution is 6.30. The molecule has 1 aromatic heterocycles. The van der Waals surface area contributed by atoms with Gasteiger partial charge in [-0.25, -0.2) is 4.98 Å². The molecular formula is C20H19ClN2O2. The summed E-state index contributed by atoms with van der Waals surface area (Å²) < 4.78 is 11.8. The second-order valence-corrected chi connectivity index (χ2v) is 6.68. The molecule has 1 atom stereocenters. The van der Waals surface area contributed by atoms with Gasteiger partial charge in [0.25, 0.3) is 0 Å². The Morgan fingerprint density at radius 1 is 1.12 bits per heavy atom. The molecule has 1 aliphatic rings. The van der Waals surface area contributed by atoms with Gasteiger partial charge in [0.1, 0.15) is 17.9 Å². The second kappa shape index (κ2) is 6.90. The third kappa shape index (κ3) is 3.55. The standard InChI is InChI=1S/C20H19ClN2O2/c1-23(12-16-13-24-18-8-4-5-9-19(18)25-16)11-15-10-14-6-2-3-7-17(14)22-20(15)21/h2-10,16H,11-13H2,1H3. The smallest absolute Gasteiger partial charge is 0.161 e. The van der Waals surface area contributed by atoms with E-state index in [-0.39, 0.29) is 6.10 Å². The van der Waals surface area contributed by atoms with Gasteiger partial charge < -0.3 is 9.47 Å². The lowest BCUT2D eigenvalue weighted by Crippen LogP contribution is -2.39. The van der Waals surface area contributed by atoms with Crippen LogP contribution in [0.25, 0.3) is 10.9 Å². The predicted octanol–water partition coefficient (Wildman–Crippen LogP) is 4.16. The minimum absolute atomic E-state index is 0.00732. The number of aromatic nitrogens is 1. The number of fused-ring (bicyclic) bond motifs is 2. The van der Waals surface area contributed by atoms with Gasteiger partial charge in [0, 0.05) is 24.0 Å². The van der Waals surface area contributed by atoms with E-state index in [1.807, 2.05) is 42.5 Å². The van der Waals surface area contributed by atoms with E-state index in [4.69, 9.17) is 21.1 Å². The van der Waals surface area contributed by atoms with Crippen LogP contribution in [-0.2, 0) is 6.54 Å². The van der Waals surface area contributed by atoms with Crippen molar-refractivity contribution in [3.8, 4) is 11.5 Å². The minimum atomic E-state index is -0.00732. The van der Waals surface area contributed by atoms with E-state index in [9.17, 15) is 0 Å². The highest BCUT2D eigenvalue weighted by Crippen LogP contribution is 2.31. The number of para-hydroxylation sites is 3. The third-order valence-corrected chi connectivity index (χ3v) is 4.60. The zero-order chi connectivity index (χ0) is 17.2. The van der Waals surface area contributed by atoms with Gasteiger partial charge in [0.05, 0.1) is 5.52 Å². The lowest BCUT2D eigenvalue weighted by atomic mass is 10.1. The molecule has 1 aliphatic heterocycles. The number of likely N-dealkylation sites (N-methyl/N-ethyl adjacent to an activating group) is 1. The maximum absolute atomic E-state index is 6.36. The summed E-state index contributed by atoms with van der Waals surface area (Å²) in [4.78, 5) is 6.67. The van der Waals surface area contributed by atoms with Gasteiger partial charge in [-0.1, -0.05) is 41.9 Å². The Bertz CT molecular complexity index is 900. The highest BCUT2D eigenvalue weighted by Gasteiger charge is 2.22. The first-order valence-electron chi connectivity index (χ1n) is 8.30. The van der Waals surface area contributed by atoms with Crippen LogP contribution in [0.4, 0.5) is 0 Å². The fourth-order valence-corrected chi connectivity index (χ4v) is 3.31. The maximum atomic E-state index is 6.36. The molecule has 0 fully saturated rings. The molecule has 0 saturated heterocycles. The van der Waals surface area contributed by atoms with E-state index in [2.05, 4.69) is 29.1 Å². The maximum Gasteiger partial charge on any atom is 0.161 e. The van der Waals surface area contributed by atoms with Crippen LogP contribution in [0.2, 0.25) is 5.15 Å². The van der Waals surface area contributed by atoms with Crippen molar-refractivity contribution in [3.63, 3.8) is 0 Å². The van der Waals surface area contributed by atoms with E-state index in [1.165, 1.54) is 0 Å². The van der Waals surface area contributed by atoms with Gasteiger partial charge in [0.2, 0.25) is 0 Å². The lowest BCUT2D eigenvalue weighted by Gasteiger charge is -2.29. The lowest BCUT2D eigenvalue weighted by molar-refractivity contribution is 0.0638. The Morgan fingerprint density at radius 3 is 2.76 bits per heavy atom. The van der Waals surface area contributed by atoms with Crippen LogP contribution >= 0.6 is 11.6 Å². The highest BCUT2D eigenvalue weighted by atomic mass is 35.5. The summed E-state index contributed by atoms with van der Waals surface area (Å²) in [5.74, 6) is 1.61. The van der Waals surface area contributed by atoms with E-state index in [1.54, 1.807) is 0 Å². The quantitative estimate of drug-likeness (QED) is 0.659. The Hall–Kier alpha value is -2.30. The Labute approximate surface area is 151 Å². The first kappa shape index (κ1) is 16.2. The largest absolute Gasteiger partial charge is 0.486 e. The summed E-state index contributed by atoms with van der Waals surface area (Å²) in [6, 6.07) is 17.9. The van der Waals surface area contributed by atoms with Crippen LogP contribution in [0.3, 0.4) is 0 Å². The second-order valence-electron chi connectivity index (χ2n) is 6.33. The summed E-state index contributed by atoms with van der Waals surface area (Å²) in [6.07, 6.45) is -0.00732. The van der Waals surface area contributed by atoms with Crippen molar-refractivity contribution >= 4 is 22.5 Å². The van der Waals surface area contributed by atoms with E-state index in [0.717, 1.165) is 34.5 Å². The van der Waals surface area contributed by atoms with Gasteiger partial charge in [-0.2, -0.15) is 0 Å². The molecule has 0 aliphatic carbocycles. The molecule has 0 radical (unpaired) electrons. The van der Waals surface area contributed by atoms with E-state index < -0.39 is 0 Å². The van der Waals surface area contributed by atoms with Crippen LogP contribution in [0.15, 0.2) is 54.6 Å². The molecule has 0 spiro atoms. The number of nitrogens with zero attached hydrogens (tertiary/aromatic N) is 2. The Balaban J connectivity index is 1.44. The topological polar surface area (TPSA) is 34.6 Å². The molecule has 4 rings (SSSR count). The average molecular weight is 355 g/mol. The Kier molecular flexibility index (Phi) is 4.47. The molecule has 25 heavy (non-hydrogen) atoms. The number of hydrogen-bond acceptors (Lipinski definition) is 4. The molecule has 0 saturated carbocycles. The van der Waals surface area contributed by atoms with Crippen LogP contribution < -0.4 is 9.47 Å². The molecule has 128 valence electrons. The van der Waals surface area contributed by atoms with Crippen molar-refractivity contribution in [1.82, 2.24) is 9.88 Å². The summed E-state index contributed by atoms with van der Waals surface area (Å²) in [5, 5.41) is 1.65. The Morgan fingerprint density at radius 2 is 1.88 bits per heavy atom. The zero-order valence-corrected chi connectivity index (χ0v) is 14.7. The van der Waals surface area contributed by atoms with Gasteiger partial charge in [-0.3, -0.25) is 4.90 Å². The van der Waals surface area contributed by atoms with Crippen LogP contribution in [0.5, 0.6) is 11.5 Å². The summed E-state index contributed by atoms with van der Waals surface area (Å²) in [5.41, 5.74) is 1.93. The SMILES string of the molecule is CN(Cc1cc2ccccc2nc1Cl)CC1COc2ccccc2O1. The van der Waals surface area contributed by atoms with Crippen molar-refractivity contribution < 1.29 is 9.47 Å². The van der Waals surface area contributed by atoms with Gasteiger partial charge in [-0.05, 0) is 31.3 Å².